The van der Waals surface area contributed by atoms with E-state index in [9.17, 15) is 43.2 Å². The van der Waals surface area contributed by atoms with Crippen LogP contribution in [0.3, 0.4) is 0 Å². The zero-order valence-corrected chi connectivity index (χ0v) is 47.3. The van der Waals surface area contributed by atoms with Gasteiger partial charge in [0, 0.05) is 25.7 Å². The van der Waals surface area contributed by atoms with Crippen LogP contribution < -0.4 is 0 Å². The molecular weight excluding hydrogens is 971 g/mol. The van der Waals surface area contributed by atoms with Crippen molar-refractivity contribution in [1.29, 1.82) is 0 Å². The molecule has 19 heteroatoms. The Morgan fingerprint density at radius 3 is 0.944 bits per heavy atom. The Morgan fingerprint density at radius 1 is 0.375 bits per heavy atom. The fraction of sp³-hybridized carbons (Fsp3) is 0.925. The SMILES string of the molecule is CCCCCCCCCCC(=O)OC[C@H](COP(=O)(O)OC[C@@H](O)COP(=O)(O)OC[C@@H](COC(=O)CCCCCCCCC)OC(=O)CCCCCCCCC)OC(=O)CCCCCCCCCC(C)C. The maximum atomic E-state index is 12.8. The predicted molar refractivity (Wildman–Crippen MR) is 280 cm³/mol. The van der Waals surface area contributed by atoms with Gasteiger partial charge in [0.2, 0.25) is 0 Å². The number of aliphatic hydroxyl groups excluding tert-OH is 1. The van der Waals surface area contributed by atoms with Crippen LogP contribution in [-0.2, 0) is 65.4 Å². The topological polar surface area (TPSA) is 237 Å². The number of unbranched alkanes of at least 4 members (excludes halogenated alkanes) is 25. The van der Waals surface area contributed by atoms with Crippen molar-refractivity contribution in [2.45, 2.75) is 271 Å². The maximum absolute atomic E-state index is 12.8. The first-order valence-electron chi connectivity index (χ1n) is 28.1. The summed E-state index contributed by atoms with van der Waals surface area (Å²) in [5, 5.41) is 10.4. The lowest BCUT2D eigenvalue weighted by molar-refractivity contribution is -0.161. The van der Waals surface area contributed by atoms with Crippen LogP contribution in [0.1, 0.15) is 253 Å². The van der Waals surface area contributed by atoms with E-state index in [1.165, 1.54) is 44.9 Å². The molecule has 0 spiro atoms. The van der Waals surface area contributed by atoms with Crippen LogP contribution >= 0.6 is 15.6 Å². The Kier molecular flexibility index (Phi) is 46.2. The molecule has 5 atom stereocenters. The number of aliphatic hydroxyl groups is 1. The molecule has 0 aliphatic carbocycles. The number of rotatable bonds is 53. The largest absolute Gasteiger partial charge is 0.472 e. The second-order valence-corrected chi connectivity index (χ2v) is 22.6. The van der Waals surface area contributed by atoms with E-state index in [-0.39, 0.29) is 25.7 Å². The number of phosphoric ester groups is 2. The summed E-state index contributed by atoms with van der Waals surface area (Å²) < 4.78 is 67.2. The quantitative estimate of drug-likeness (QED) is 0.0222. The van der Waals surface area contributed by atoms with Gasteiger partial charge in [0.15, 0.2) is 12.2 Å². The molecule has 0 amide bonds. The highest BCUT2D eigenvalue weighted by Crippen LogP contribution is 2.45. The molecule has 72 heavy (non-hydrogen) atoms. The fourth-order valence-corrected chi connectivity index (χ4v) is 9.22. The maximum Gasteiger partial charge on any atom is 0.472 e. The highest BCUT2D eigenvalue weighted by atomic mass is 31.2. The van der Waals surface area contributed by atoms with E-state index in [4.69, 9.17) is 37.0 Å². The summed E-state index contributed by atoms with van der Waals surface area (Å²) in [6.07, 6.45) is 27.0. The Labute approximate surface area is 435 Å². The summed E-state index contributed by atoms with van der Waals surface area (Å²) in [6, 6.07) is 0. The third kappa shape index (κ3) is 47.8. The standard InChI is InChI=1S/C53H102O17P2/c1-6-9-12-15-18-23-27-32-37-51(56)64-43-49(70-53(58)39-34-29-24-19-22-25-30-35-46(4)5)45-68-72(61,62)66-41-47(54)40-65-71(59,60)67-44-48(69-52(57)38-33-28-21-17-14-11-8-3)42-63-50(55)36-31-26-20-16-13-10-7-2/h46-49,54H,6-45H2,1-5H3,(H,59,60)(H,61,62)/t47-,48+,49+/m0/s1. The molecule has 426 valence electrons. The third-order valence-corrected chi connectivity index (χ3v) is 13.9. The van der Waals surface area contributed by atoms with E-state index < -0.39 is 97.5 Å². The second kappa shape index (κ2) is 47.5. The molecule has 0 bridgehead atoms. The van der Waals surface area contributed by atoms with E-state index >= 15 is 0 Å². The summed E-state index contributed by atoms with van der Waals surface area (Å²) in [7, 11) is -9.85. The third-order valence-electron chi connectivity index (χ3n) is 12.0. The van der Waals surface area contributed by atoms with Gasteiger partial charge in [-0.1, -0.05) is 202 Å². The molecule has 0 radical (unpaired) electrons. The first-order valence-corrected chi connectivity index (χ1v) is 31.1. The molecule has 0 rings (SSSR count). The molecule has 17 nitrogen and oxygen atoms in total. The molecule has 0 fully saturated rings. The molecule has 2 unspecified atom stereocenters. The van der Waals surface area contributed by atoms with Gasteiger partial charge in [-0.3, -0.25) is 37.3 Å². The highest BCUT2D eigenvalue weighted by Gasteiger charge is 2.30. The average molecular weight is 1070 g/mol. The highest BCUT2D eigenvalue weighted by molar-refractivity contribution is 7.47. The summed E-state index contributed by atoms with van der Waals surface area (Å²) in [4.78, 5) is 71.3. The fourth-order valence-electron chi connectivity index (χ4n) is 7.64. The van der Waals surface area contributed by atoms with Crippen molar-refractivity contribution >= 4 is 39.5 Å². The number of carbonyl (C=O) groups excluding carboxylic acids is 4. The minimum atomic E-state index is -4.93. The van der Waals surface area contributed by atoms with Crippen LogP contribution in [-0.4, -0.2) is 96.7 Å². The number of phosphoric acid groups is 2. The Bertz CT molecular complexity index is 1430. The number of ether oxygens (including phenoxy) is 4. The summed E-state index contributed by atoms with van der Waals surface area (Å²) in [5.74, 6) is -1.47. The van der Waals surface area contributed by atoms with Gasteiger partial charge >= 0.3 is 39.5 Å². The van der Waals surface area contributed by atoms with E-state index in [1.54, 1.807) is 0 Å². The lowest BCUT2D eigenvalue weighted by Crippen LogP contribution is -2.30. The minimum Gasteiger partial charge on any atom is -0.462 e. The number of carbonyl (C=O) groups is 4. The van der Waals surface area contributed by atoms with E-state index in [0.717, 1.165) is 122 Å². The van der Waals surface area contributed by atoms with Crippen LogP contribution in [0, 0.1) is 5.92 Å². The molecule has 0 heterocycles. The Balaban J connectivity index is 5.19. The van der Waals surface area contributed by atoms with E-state index in [2.05, 4.69) is 34.6 Å². The van der Waals surface area contributed by atoms with Crippen molar-refractivity contribution < 1.29 is 80.2 Å². The van der Waals surface area contributed by atoms with Crippen LogP contribution in [0.5, 0.6) is 0 Å². The van der Waals surface area contributed by atoms with Crippen molar-refractivity contribution in [3.05, 3.63) is 0 Å². The van der Waals surface area contributed by atoms with Crippen molar-refractivity contribution in [1.82, 2.24) is 0 Å². The molecule has 0 aromatic heterocycles. The van der Waals surface area contributed by atoms with Crippen molar-refractivity contribution in [2.24, 2.45) is 5.92 Å². The molecule has 0 aromatic carbocycles. The monoisotopic (exact) mass is 1070 g/mol. The molecule has 0 saturated carbocycles. The molecule has 0 saturated heterocycles. The van der Waals surface area contributed by atoms with Gasteiger partial charge in [0.25, 0.3) is 0 Å². The smallest absolute Gasteiger partial charge is 0.462 e. The van der Waals surface area contributed by atoms with Crippen LogP contribution in [0.4, 0.5) is 0 Å². The Morgan fingerprint density at radius 2 is 0.639 bits per heavy atom. The van der Waals surface area contributed by atoms with Gasteiger partial charge < -0.3 is 33.8 Å². The lowest BCUT2D eigenvalue weighted by Gasteiger charge is -2.21. The molecule has 3 N–H and O–H groups in total. The predicted octanol–water partition coefficient (Wildman–Crippen LogP) is 13.5. The van der Waals surface area contributed by atoms with Gasteiger partial charge in [0.1, 0.15) is 19.3 Å². The zero-order valence-electron chi connectivity index (χ0n) is 45.5. The minimum absolute atomic E-state index is 0.103. The second-order valence-electron chi connectivity index (χ2n) is 19.7. The number of hydrogen-bond donors (Lipinski definition) is 3. The molecule has 0 aromatic rings. The van der Waals surface area contributed by atoms with Gasteiger partial charge in [-0.25, -0.2) is 9.13 Å². The van der Waals surface area contributed by atoms with Gasteiger partial charge in [-0.15, -0.1) is 0 Å². The number of esters is 4. The first kappa shape index (κ1) is 70.1. The van der Waals surface area contributed by atoms with E-state index in [0.29, 0.717) is 31.6 Å². The van der Waals surface area contributed by atoms with Gasteiger partial charge in [-0.05, 0) is 31.6 Å². The molecular formula is C53H102O17P2. The summed E-state index contributed by atoms with van der Waals surface area (Å²) in [6.45, 7) is 6.93. The summed E-state index contributed by atoms with van der Waals surface area (Å²) >= 11 is 0. The van der Waals surface area contributed by atoms with Gasteiger partial charge in [-0.2, -0.15) is 0 Å². The van der Waals surface area contributed by atoms with Crippen LogP contribution in [0.25, 0.3) is 0 Å². The summed E-state index contributed by atoms with van der Waals surface area (Å²) in [5.41, 5.74) is 0. The number of hydrogen-bond acceptors (Lipinski definition) is 15. The van der Waals surface area contributed by atoms with E-state index in [1.807, 2.05) is 0 Å². The van der Waals surface area contributed by atoms with Gasteiger partial charge in [0.05, 0.1) is 26.4 Å². The zero-order chi connectivity index (χ0) is 53.6. The van der Waals surface area contributed by atoms with Crippen molar-refractivity contribution in [3.8, 4) is 0 Å². The van der Waals surface area contributed by atoms with Crippen molar-refractivity contribution in [2.75, 3.05) is 39.6 Å². The van der Waals surface area contributed by atoms with Crippen molar-refractivity contribution in [3.63, 3.8) is 0 Å². The lowest BCUT2D eigenvalue weighted by atomic mass is 10.0. The first-order chi connectivity index (χ1) is 34.5. The molecule has 0 aliphatic heterocycles. The molecule has 0 aliphatic rings. The Hall–Kier alpha value is -1.94. The normalized spacial score (nSPS) is 14.6. The average Bonchev–Trinajstić information content (AvgIpc) is 3.34. The van der Waals surface area contributed by atoms with Crippen LogP contribution in [0.2, 0.25) is 0 Å². The van der Waals surface area contributed by atoms with Crippen LogP contribution in [0.15, 0.2) is 0 Å².